The number of hydrogen-bond donors (Lipinski definition) is 1. The van der Waals surface area contributed by atoms with Crippen molar-refractivity contribution in [1.82, 2.24) is 5.32 Å². The molecule has 1 N–H and O–H groups in total. The molecule has 1 saturated carbocycles. The normalized spacial score (nSPS) is 27.5. The molecule has 6 nitrogen and oxygen atoms in total. The number of benzene rings is 1. The lowest BCUT2D eigenvalue weighted by atomic mass is 9.80. The van der Waals surface area contributed by atoms with Crippen molar-refractivity contribution in [2.75, 3.05) is 13.2 Å². The van der Waals surface area contributed by atoms with E-state index in [1.54, 1.807) is 32.9 Å². The monoisotopic (exact) mass is 435 g/mol. The number of cyclic esters (lactones) is 1. The lowest BCUT2D eigenvalue weighted by molar-refractivity contribution is -0.154. The zero-order chi connectivity index (χ0) is 22.6. The van der Waals surface area contributed by atoms with Gasteiger partial charge in [0.1, 0.15) is 17.5 Å². The first-order chi connectivity index (χ1) is 14.6. The highest BCUT2D eigenvalue weighted by Crippen LogP contribution is 2.39. The van der Waals surface area contributed by atoms with Crippen molar-refractivity contribution in [1.29, 1.82) is 0 Å². The Morgan fingerprint density at radius 3 is 2.48 bits per heavy atom. The second-order valence-corrected chi connectivity index (χ2v) is 9.81. The van der Waals surface area contributed by atoms with Crippen LogP contribution in [-0.4, -0.2) is 43.0 Å². The summed E-state index contributed by atoms with van der Waals surface area (Å²) in [5.74, 6) is 0.126. The Balaban J connectivity index is 1.72. The highest BCUT2D eigenvalue weighted by molar-refractivity contribution is 5.81. The molecule has 0 aromatic heterocycles. The molecule has 1 heterocycles. The van der Waals surface area contributed by atoms with Crippen molar-refractivity contribution in [3.05, 3.63) is 35.6 Å². The van der Waals surface area contributed by atoms with E-state index in [0.717, 1.165) is 12.0 Å². The van der Waals surface area contributed by atoms with Gasteiger partial charge in [-0.1, -0.05) is 25.0 Å². The molecule has 1 saturated heterocycles. The standard InChI is InChI=1S/C24H34FNO5/c1-15-20(12-17-7-9-19(25)10-8-17)18(11-16-5-6-16)13-29-14-21(22(27)30-15)26-23(28)31-24(2,3)4/h7-10,15-16,18,20-21H,5-6,11-14H2,1-4H3,(H,26,28)/t15-,18-,20-,21-/m0/s1. The summed E-state index contributed by atoms with van der Waals surface area (Å²) in [4.78, 5) is 25.0. The maximum absolute atomic E-state index is 13.3. The molecule has 7 heteroatoms. The van der Waals surface area contributed by atoms with Gasteiger partial charge in [0.25, 0.3) is 0 Å². The van der Waals surface area contributed by atoms with Gasteiger partial charge in [0.15, 0.2) is 6.04 Å². The maximum Gasteiger partial charge on any atom is 0.408 e. The second-order valence-electron chi connectivity index (χ2n) is 9.81. The van der Waals surface area contributed by atoms with Gasteiger partial charge in [0.05, 0.1) is 6.61 Å². The quantitative estimate of drug-likeness (QED) is 0.700. The molecule has 0 radical (unpaired) electrons. The van der Waals surface area contributed by atoms with Crippen LogP contribution in [0.3, 0.4) is 0 Å². The maximum atomic E-state index is 13.3. The second kappa shape index (κ2) is 9.98. The van der Waals surface area contributed by atoms with E-state index in [1.807, 2.05) is 6.92 Å². The fourth-order valence-corrected chi connectivity index (χ4v) is 4.07. The SMILES string of the molecule is C[C@@H]1OC(=O)[C@@H](NC(=O)OC(C)(C)C)COC[C@H](CC2CC2)[C@H]1Cc1ccc(F)cc1. The summed E-state index contributed by atoms with van der Waals surface area (Å²) in [5.41, 5.74) is 0.328. The number of hydrogen-bond acceptors (Lipinski definition) is 5. The number of alkyl carbamates (subject to hydrolysis) is 1. The van der Waals surface area contributed by atoms with Crippen molar-refractivity contribution >= 4 is 12.1 Å². The van der Waals surface area contributed by atoms with Crippen LogP contribution in [-0.2, 0) is 25.4 Å². The molecule has 1 amide bonds. The van der Waals surface area contributed by atoms with Gasteiger partial charge in [0, 0.05) is 12.5 Å². The van der Waals surface area contributed by atoms with E-state index < -0.39 is 23.7 Å². The van der Waals surface area contributed by atoms with Gasteiger partial charge >= 0.3 is 12.1 Å². The van der Waals surface area contributed by atoms with Crippen LogP contribution in [0.5, 0.6) is 0 Å². The number of esters is 1. The minimum Gasteiger partial charge on any atom is -0.461 e. The van der Waals surface area contributed by atoms with Crippen molar-refractivity contribution in [3.63, 3.8) is 0 Å². The van der Waals surface area contributed by atoms with Crippen molar-refractivity contribution in [2.24, 2.45) is 17.8 Å². The van der Waals surface area contributed by atoms with Crippen LogP contribution in [0, 0.1) is 23.6 Å². The molecule has 1 aromatic rings. The number of carbonyl (C=O) groups excluding carboxylic acids is 2. The van der Waals surface area contributed by atoms with E-state index in [1.165, 1.54) is 25.0 Å². The molecule has 0 bridgehead atoms. The summed E-state index contributed by atoms with van der Waals surface area (Å²) in [7, 11) is 0. The van der Waals surface area contributed by atoms with E-state index in [9.17, 15) is 14.0 Å². The molecule has 1 aromatic carbocycles. The number of halogens is 1. The van der Waals surface area contributed by atoms with Crippen LogP contribution in [0.2, 0.25) is 0 Å². The van der Waals surface area contributed by atoms with E-state index in [4.69, 9.17) is 14.2 Å². The first kappa shape index (κ1) is 23.5. The van der Waals surface area contributed by atoms with Crippen LogP contribution in [0.4, 0.5) is 9.18 Å². The highest BCUT2D eigenvalue weighted by Gasteiger charge is 2.37. The Bertz CT molecular complexity index is 756. The molecule has 1 aliphatic carbocycles. The number of amides is 1. The van der Waals surface area contributed by atoms with E-state index in [0.29, 0.717) is 18.9 Å². The third-order valence-electron chi connectivity index (χ3n) is 5.82. The fourth-order valence-electron chi connectivity index (χ4n) is 4.07. The minimum atomic E-state index is -0.927. The summed E-state index contributed by atoms with van der Waals surface area (Å²) < 4.78 is 30.3. The van der Waals surface area contributed by atoms with Gasteiger partial charge in [-0.05, 0) is 70.1 Å². The summed E-state index contributed by atoms with van der Waals surface area (Å²) >= 11 is 0. The Morgan fingerprint density at radius 1 is 1.19 bits per heavy atom. The molecular weight excluding hydrogens is 401 g/mol. The zero-order valence-electron chi connectivity index (χ0n) is 18.9. The van der Waals surface area contributed by atoms with Crippen LogP contribution >= 0.6 is 0 Å². The summed E-state index contributed by atoms with van der Waals surface area (Å²) in [6.07, 6.45) is 3.07. The molecule has 172 valence electrons. The Kier molecular flexibility index (Phi) is 7.57. The molecular formula is C24H34FNO5. The molecule has 0 unspecified atom stereocenters. The minimum absolute atomic E-state index is 0.0369. The molecule has 31 heavy (non-hydrogen) atoms. The van der Waals surface area contributed by atoms with Gasteiger partial charge < -0.3 is 19.5 Å². The van der Waals surface area contributed by atoms with E-state index in [-0.39, 0.29) is 30.4 Å². The summed E-state index contributed by atoms with van der Waals surface area (Å²) in [6.45, 7) is 7.69. The van der Waals surface area contributed by atoms with Crippen molar-refractivity contribution < 1.29 is 28.2 Å². The first-order valence-electron chi connectivity index (χ1n) is 11.1. The van der Waals surface area contributed by atoms with Gasteiger partial charge in [0.2, 0.25) is 0 Å². The number of nitrogens with one attached hydrogen (secondary N) is 1. The largest absolute Gasteiger partial charge is 0.461 e. The third kappa shape index (κ3) is 7.49. The zero-order valence-corrected chi connectivity index (χ0v) is 18.9. The van der Waals surface area contributed by atoms with Crippen LogP contribution in [0.15, 0.2) is 24.3 Å². The van der Waals surface area contributed by atoms with Crippen molar-refractivity contribution in [3.8, 4) is 0 Å². The number of carbonyl (C=O) groups is 2. The van der Waals surface area contributed by atoms with Crippen molar-refractivity contribution in [2.45, 2.75) is 71.1 Å². The molecule has 0 spiro atoms. The van der Waals surface area contributed by atoms with Gasteiger partial charge in [-0.2, -0.15) is 0 Å². The lowest BCUT2D eigenvalue weighted by Crippen LogP contribution is -2.47. The van der Waals surface area contributed by atoms with Gasteiger partial charge in [-0.3, -0.25) is 0 Å². The molecule has 2 aliphatic rings. The number of ether oxygens (including phenoxy) is 3. The predicted octanol–water partition coefficient (Wildman–Crippen LogP) is 4.26. The van der Waals surface area contributed by atoms with Crippen LogP contribution < -0.4 is 5.32 Å². The smallest absolute Gasteiger partial charge is 0.408 e. The predicted molar refractivity (Wildman–Crippen MR) is 114 cm³/mol. The molecule has 1 aliphatic heterocycles. The average molecular weight is 436 g/mol. The number of rotatable bonds is 5. The summed E-state index contributed by atoms with van der Waals surface area (Å²) in [5, 5.41) is 2.58. The molecule has 2 fully saturated rings. The molecule has 3 rings (SSSR count). The topological polar surface area (TPSA) is 73.9 Å². The van der Waals surface area contributed by atoms with Crippen LogP contribution in [0.1, 0.15) is 52.5 Å². The van der Waals surface area contributed by atoms with Gasteiger partial charge in [-0.15, -0.1) is 0 Å². The summed E-state index contributed by atoms with van der Waals surface area (Å²) in [6, 6.07) is 5.53. The van der Waals surface area contributed by atoms with E-state index in [2.05, 4.69) is 5.32 Å². The highest BCUT2D eigenvalue weighted by atomic mass is 19.1. The average Bonchev–Trinajstić information content (AvgIpc) is 3.47. The Labute approximate surface area is 183 Å². The third-order valence-corrected chi connectivity index (χ3v) is 5.82. The first-order valence-corrected chi connectivity index (χ1v) is 11.1. The van der Waals surface area contributed by atoms with E-state index >= 15 is 0 Å². The molecule has 4 atom stereocenters. The fraction of sp³-hybridized carbons (Fsp3) is 0.667. The Hall–Kier alpha value is -2.15. The Morgan fingerprint density at radius 2 is 1.87 bits per heavy atom. The lowest BCUT2D eigenvalue weighted by Gasteiger charge is -2.31. The van der Waals surface area contributed by atoms with Crippen LogP contribution in [0.25, 0.3) is 0 Å². The van der Waals surface area contributed by atoms with Gasteiger partial charge in [-0.25, -0.2) is 14.0 Å².